The van der Waals surface area contributed by atoms with Gasteiger partial charge in [0.15, 0.2) is 0 Å². The molecule has 0 aliphatic heterocycles. The van der Waals surface area contributed by atoms with Crippen LogP contribution in [0, 0.1) is 6.92 Å². The zero-order chi connectivity index (χ0) is 12.3. The summed E-state index contributed by atoms with van der Waals surface area (Å²) >= 11 is 1.63. The largest absolute Gasteiger partial charge is 0.506 e. The summed E-state index contributed by atoms with van der Waals surface area (Å²) in [7, 11) is 1.99. The van der Waals surface area contributed by atoms with E-state index in [-0.39, 0.29) is 5.75 Å². The summed E-state index contributed by atoms with van der Waals surface area (Å²) in [5, 5.41) is 12.7. The Hall–Kier alpha value is -1.46. The molecule has 0 amide bonds. The molecule has 0 aliphatic rings. The molecule has 0 fully saturated rings. The van der Waals surface area contributed by atoms with Crippen LogP contribution in [0.25, 0.3) is 0 Å². The minimum Gasteiger partial charge on any atom is -0.506 e. The predicted octanol–water partition coefficient (Wildman–Crippen LogP) is 2.18. The van der Waals surface area contributed by atoms with Gasteiger partial charge in [-0.25, -0.2) is 4.98 Å². The summed E-state index contributed by atoms with van der Waals surface area (Å²) in [6, 6.07) is 3.49. The van der Waals surface area contributed by atoms with E-state index in [1.165, 1.54) is 0 Å². The zero-order valence-corrected chi connectivity index (χ0v) is 10.7. The third kappa shape index (κ3) is 3.25. The van der Waals surface area contributed by atoms with Gasteiger partial charge < -0.3 is 5.11 Å². The number of aromatic hydroxyl groups is 1. The first kappa shape index (κ1) is 12.0. The van der Waals surface area contributed by atoms with E-state index < -0.39 is 0 Å². The van der Waals surface area contributed by atoms with Gasteiger partial charge >= 0.3 is 0 Å². The van der Waals surface area contributed by atoms with Crippen LogP contribution in [0.5, 0.6) is 5.75 Å². The molecule has 0 radical (unpaired) electrons. The van der Waals surface area contributed by atoms with Crippen LogP contribution in [0.4, 0.5) is 0 Å². The van der Waals surface area contributed by atoms with Crippen LogP contribution >= 0.6 is 11.3 Å². The molecule has 0 bridgehead atoms. The lowest BCUT2D eigenvalue weighted by molar-refractivity contribution is 0.307. The maximum atomic E-state index is 9.71. The Morgan fingerprint density at radius 2 is 2.18 bits per heavy atom. The Labute approximate surface area is 105 Å². The molecule has 0 saturated heterocycles. The third-order valence-corrected chi connectivity index (χ3v) is 3.16. The van der Waals surface area contributed by atoms with Gasteiger partial charge in [0.05, 0.1) is 12.2 Å². The highest BCUT2D eigenvalue weighted by atomic mass is 32.1. The number of aryl methyl sites for hydroxylation is 1. The van der Waals surface area contributed by atoms with E-state index in [1.54, 1.807) is 29.7 Å². The first-order chi connectivity index (χ1) is 8.15. The van der Waals surface area contributed by atoms with Crippen molar-refractivity contribution in [1.29, 1.82) is 0 Å². The van der Waals surface area contributed by atoms with Crippen molar-refractivity contribution in [3.8, 4) is 5.75 Å². The van der Waals surface area contributed by atoms with Gasteiger partial charge in [0, 0.05) is 23.8 Å². The summed E-state index contributed by atoms with van der Waals surface area (Å²) < 4.78 is 0. The van der Waals surface area contributed by atoms with Crippen molar-refractivity contribution < 1.29 is 5.11 Å². The molecule has 4 nitrogen and oxygen atoms in total. The molecule has 2 heterocycles. The van der Waals surface area contributed by atoms with E-state index in [9.17, 15) is 5.11 Å². The summed E-state index contributed by atoms with van der Waals surface area (Å²) in [6.07, 6.45) is 1.80. The third-order valence-electron chi connectivity index (χ3n) is 2.40. The van der Waals surface area contributed by atoms with E-state index in [2.05, 4.69) is 14.9 Å². The average Bonchev–Trinajstić information content (AvgIpc) is 2.76. The Morgan fingerprint density at radius 1 is 1.35 bits per heavy atom. The van der Waals surface area contributed by atoms with Crippen molar-refractivity contribution in [3.63, 3.8) is 0 Å². The number of hydrogen-bond donors (Lipinski definition) is 1. The quantitative estimate of drug-likeness (QED) is 0.902. The van der Waals surface area contributed by atoms with Gasteiger partial charge in [0.2, 0.25) is 0 Å². The lowest BCUT2D eigenvalue weighted by Crippen LogP contribution is -2.18. The van der Waals surface area contributed by atoms with Crippen molar-refractivity contribution >= 4 is 11.3 Å². The second-order valence-electron chi connectivity index (χ2n) is 4.02. The van der Waals surface area contributed by atoms with E-state index in [0.717, 1.165) is 17.2 Å². The Morgan fingerprint density at radius 3 is 2.88 bits per heavy atom. The Kier molecular flexibility index (Phi) is 3.71. The first-order valence-electron chi connectivity index (χ1n) is 5.37. The van der Waals surface area contributed by atoms with Crippen LogP contribution in [-0.4, -0.2) is 27.0 Å². The Bertz CT molecular complexity index is 485. The normalized spacial score (nSPS) is 11.0. The monoisotopic (exact) mass is 249 g/mol. The molecule has 2 aromatic rings. The van der Waals surface area contributed by atoms with Crippen LogP contribution in [0.3, 0.4) is 0 Å². The number of thiazole rings is 1. The molecule has 2 aromatic heterocycles. The van der Waals surface area contributed by atoms with Gasteiger partial charge in [-0.3, -0.25) is 9.88 Å². The van der Waals surface area contributed by atoms with Crippen LogP contribution in [0.15, 0.2) is 23.7 Å². The fourth-order valence-corrected chi connectivity index (χ4v) is 2.29. The number of nitrogens with zero attached hydrogens (tertiary/aromatic N) is 3. The summed E-state index contributed by atoms with van der Waals surface area (Å²) in [5.41, 5.74) is 1.63. The molecule has 0 saturated carbocycles. The minimum atomic E-state index is 0.251. The second kappa shape index (κ2) is 5.25. The standard InChI is InChI=1S/C12H15N3OS/c1-9-3-4-11(16)10(14-9)7-15(2)8-12-13-5-6-17-12/h3-6,16H,7-8H2,1-2H3. The molecule has 5 heteroatoms. The number of aromatic nitrogens is 2. The van der Waals surface area contributed by atoms with Crippen molar-refractivity contribution in [2.45, 2.75) is 20.0 Å². The zero-order valence-electron chi connectivity index (χ0n) is 9.92. The molecular formula is C12H15N3OS. The van der Waals surface area contributed by atoms with E-state index in [4.69, 9.17) is 0 Å². The number of hydrogen-bond acceptors (Lipinski definition) is 5. The lowest BCUT2D eigenvalue weighted by Gasteiger charge is -2.15. The Balaban J connectivity index is 2.02. The lowest BCUT2D eigenvalue weighted by atomic mass is 10.2. The molecule has 0 atom stereocenters. The number of rotatable bonds is 4. The fourth-order valence-electron chi connectivity index (χ4n) is 1.59. The van der Waals surface area contributed by atoms with E-state index >= 15 is 0 Å². The topological polar surface area (TPSA) is 49.2 Å². The smallest absolute Gasteiger partial charge is 0.138 e. The molecule has 0 aliphatic carbocycles. The first-order valence-corrected chi connectivity index (χ1v) is 6.25. The molecule has 1 N–H and O–H groups in total. The highest BCUT2D eigenvalue weighted by Gasteiger charge is 2.08. The summed E-state index contributed by atoms with van der Waals surface area (Å²) in [6.45, 7) is 3.31. The van der Waals surface area contributed by atoms with Gasteiger partial charge in [-0.1, -0.05) is 0 Å². The van der Waals surface area contributed by atoms with Crippen molar-refractivity contribution in [2.24, 2.45) is 0 Å². The van der Waals surface area contributed by atoms with Gasteiger partial charge in [0.25, 0.3) is 0 Å². The summed E-state index contributed by atoms with van der Waals surface area (Å²) in [5.74, 6) is 0.251. The fraction of sp³-hybridized carbons (Fsp3) is 0.333. The van der Waals surface area contributed by atoms with E-state index in [1.807, 2.05) is 19.4 Å². The van der Waals surface area contributed by atoms with Crippen LogP contribution in [0.1, 0.15) is 16.4 Å². The molecule has 2 rings (SSSR count). The van der Waals surface area contributed by atoms with Crippen molar-refractivity contribution in [1.82, 2.24) is 14.9 Å². The molecule has 17 heavy (non-hydrogen) atoms. The highest BCUT2D eigenvalue weighted by Crippen LogP contribution is 2.17. The highest BCUT2D eigenvalue weighted by molar-refractivity contribution is 7.09. The van der Waals surface area contributed by atoms with Gasteiger partial charge in [-0.15, -0.1) is 11.3 Å². The molecule has 0 spiro atoms. The van der Waals surface area contributed by atoms with Crippen LogP contribution in [0.2, 0.25) is 0 Å². The maximum Gasteiger partial charge on any atom is 0.138 e. The average molecular weight is 249 g/mol. The molecule has 90 valence electrons. The number of pyridine rings is 1. The van der Waals surface area contributed by atoms with Crippen LogP contribution in [-0.2, 0) is 13.1 Å². The molecule has 0 unspecified atom stereocenters. The summed E-state index contributed by atoms with van der Waals surface area (Å²) in [4.78, 5) is 10.6. The van der Waals surface area contributed by atoms with E-state index in [0.29, 0.717) is 12.2 Å². The minimum absolute atomic E-state index is 0.251. The molecule has 0 aromatic carbocycles. The van der Waals surface area contributed by atoms with Crippen LogP contribution < -0.4 is 0 Å². The maximum absolute atomic E-state index is 9.71. The second-order valence-corrected chi connectivity index (χ2v) is 5.00. The SMILES string of the molecule is Cc1ccc(O)c(CN(C)Cc2nccs2)n1. The molecular weight excluding hydrogens is 234 g/mol. The predicted molar refractivity (Wildman–Crippen MR) is 67.9 cm³/mol. The van der Waals surface area contributed by atoms with Crippen molar-refractivity contribution in [3.05, 3.63) is 40.1 Å². The van der Waals surface area contributed by atoms with Gasteiger partial charge in [-0.2, -0.15) is 0 Å². The van der Waals surface area contributed by atoms with Crippen molar-refractivity contribution in [2.75, 3.05) is 7.05 Å². The van der Waals surface area contributed by atoms with Gasteiger partial charge in [-0.05, 0) is 26.1 Å². The van der Waals surface area contributed by atoms with Gasteiger partial charge in [0.1, 0.15) is 10.8 Å².